The average molecular weight is 431 g/mol. The Morgan fingerprint density at radius 3 is 2.54 bits per heavy atom. The van der Waals surface area contributed by atoms with Crippen LogP contribution in [0.1, 0.15) is 24.4 Å². The summed E-state index contributed by atoms with van der Waals surface area (Å²) in [7, 11) is -3.73. The molecule has 24 heavy (non-hydrogen) atoms. The quantitative estimate of drug-likeness (QED) is 0.417. The predicted molar refractivity (Wildman–Crippen MR) is 96.0 cm³/mol. The Bertz CT molecular complexity index is 822. The fourth-order valence-electron chi connectivity index (χ4n) is 2.88. The lowest BCUT2D eigenvalue weighted by atomic mass is 10.00. The Morgan fingerprint density at radius 1 is 1.25 bits per heavy atom. The van der Waals surface area contributed by atoms with Gasteiger partial charge in [-0.25, -0.2) is 8.42 Å². The first-order valence-electron chi connectivity index (χ1n) is 7.34. The molecule has 1 saturated heterocycles. The summed E-state index contributed by atoms with van der Waals surface area (Å²) < 4.78 is 27.6. The van der Waals surface area contributed by atoms with E-state index in [1.807, 2.05) is 16.8 Å². The molecule has 3 rings (SSSR count). The van der Waals surface area contributed by atoms with Crippen molar-refractivity contribution in [3.63, 3.8) is 0 Å². The van der Waals surface area contributed by atoms with Crippen LogP contribution in [0.25, 0.3) is 0 Å². The number of benzene rings is 1. The van der Waals surface area contributed by atoms with Gasteiger partial charge in [-0.05, 0) is 47.4 Å². The molecule has 0 radical (unpaired) electrons. The maximum Gasteiger partial charge on any atom is 0.269 e. The van der Waals surface area contributed by atoms with Gasteiger partial charge in [0.25, 0.3) is 5.69 Å². The monoisotopic (exact) mass is 430 g/mol. The molecule has 1 fully saturated rings. The number of nitro groups is 1. The standard InChI is InChI=1S/C15H15BrN2O4S2/c16-14-2-1-8-17(15(14)11-7-9-23-10-11)24(21,22)13-5-3-12(4-6-13)18(19)20/h3-7,9-10,14-15H,1-2,8H2/t14-,15+/m0/s1. The number of nitrogens with zero attached hydrogens (tertiary/aromatic N) is 2. The highest BCUT2D eigenvalue weighted by Crippen LogP contribution is 2.40. The van der Waals surface area contributed by atoms with Crippen LogP contribution in [0.3, 0.4) is 0 Å². The maximum atomic E-state index is 13.1. The summed E-state index contributed by atoms with van der Waals surface area (Å²) in [6.07, 6.45) is 1.66. The summed E-state index contributed by atoms with van der Waals surface area (Å²) in [5, 5.41) is 14.6. The molecule has 1 aromatic heterocycles. The Balaban J connectivity index is 1.98. The van der Waals surface area contributed by atoms with Gasteiger partial charge in [-0.2, -0.15) is 15.6 Å². The molecule has 0 saturated carbocycles. The molecule has 0 N–H and O–H groups in total. The van der Waals surface area contributed by atoms with Gasteiger partial charge in [0.15, 0.2) is 0 Å². The fourth-order valence-corrected chi connectivity index (χ4v) is 6.33. The molecule has 2 atom stereocenters. The fraction of sp³-hybridized carbons (Fsp3) is 0.333. The van der Waals surface area contributed by atoms with Crippen LogP contribution in [0, 0.1) is 10.1 Å². The Kier molecular flexibility index (Phi) is 5.05. The molecule has 0 unspecified atom stereocenters. The van der Waals surface area contributed by atoms with Crippen molar-refractivity contribution in [2.75, 3.05) is 6.54 Å². The van der Waals surface area contributed by atoms with Crippen molar-refractivity contribution in [2.45, 2.75) is 28.6 Å². The zero-order chi connectivity index (χ0) is 17.3. The molecule has 128 valence electrons. The summed E-state index contributed by atoms with van der Waals surface area (Å²) in [6, 6.07) is 6.72. The van der Waals surface area contributed by atoms with Crippen molar-refractivity contribution in [3.05, 3.63) is 56.8 Å². The second-order valence-electron chi connectivity index (χ2n) is 5.53. The van der Waals surface area contributed by atoms with Gasteiger partial charge < -0.3 is 0 Å². The number of hydrogen-bond donors (Lipinski definition) is 0. The van der Waals surface area contributed by atoms with E-state index in [-0.39, 0.29) is 21.5 Å². The van der Waals surface area contributed by atoms with E-state index in [9.17, 15) is 18.5 Å². The lowest BCUT2D eigenvalue weighted by Crippen LogP contribution is -2.43. The van der Waals surface area contributed by atoms with Gasteiger partial charge in [-0.3, -0.25) is 10.1 Å². The topological polar surface area (TPSA) is 80.5 Å². The van der Waals surface area contributed by atoms with Crippen LogP contribution in [-0.4, -0.2) is 29.0 Å². The van der Waals surface area contributed by atoms with Crippen molar-refractivity contribution < 1.29 is 13.3 Å². The van der Waals surface area contributed by atoms with Gasteiger partial charge in [-0.1, -0.05) is 15.9 Å². The number of halogens is 1. The predicted octanol–water partition coefficient (Wildman–Crippen LogP) is 3.95. The van der Waals surface area contributed by atoms with Crippen molar-refractivity contribution in [2.24, 2.45) is 0 Å². The molecule has 0 aliphatic carbocycles. The number of rotatable bonds is 4. The molecule has 9 heteroatoms. The van der Waals surface area contributed by atoms with Crippen molar-refractivity contribution in [1.29, 1.82) is 0 Å². The lowest BCUT2D eigenvalue weighted by Gasteiger charge is -2.37. The zero-order valence-electron chi connectivity index (χ0n) is 12.5. The Labute approximate surface area is 152 Å². The molecule has 0 bridgehead atoms. The molecule has 2 aromatic rings. The number of hydrogen-bond acceptors (Lipinski definition) is 5. The second kappa shape index (κ2) is 6.91. The van der Waals surface area contributed by atoms with E-state index in [1.54, 1.807) is 0 Å². The lowest BCUT2D eigenvalue weighted by molar-refractivity contribution is -0.384. The van der Waals surface area contributed by atoms with Crippen LogP contribution in [0.5, 0.6) is 0 Å². The highest BCUT2D eigenvalue weighted by atomic mass is 79.9. The number of alkyl halides is 1. The van der Waals surface area contributed by atoms with Crippen LogP contribution >= 0.6 is 27.3 Å². The molecule has 1 aromatic carbocycles. The van der Waals surface area contributed by atoms with E-state index >= 15 is 0 Å². The first kappa shape index (κ1) is 17.5. The summed E-state index contributed by atoms with van der Waals surface area (Å²) in [6.45, 7) is 0.432. The smallest absolute Gasteiger partial charge is 0.258 e. The minimum atomic E-state index is -3.73. The number of sulfonamides is 1. The number of piperidine rings is 1. The highest BCUT2D eigenvalue weighted by Gasteiger charge is 2.39. The second-order valence-corrected chi connectivity index (χ2v) is 9.37. The summed E-state index contributed by atoms with van der Waals surface area (Å²) in [5.74, 6) is 0. The van der Waals surface area contributed by atoms with Gasteiger partial charge in [0.05, 0.1) is 15.9 Å². The molecule has 1 aliphatic rings. The van der Waals surface area contributed by atoms with Crippen LogP contribution < -0.4 is 0 Å². The average Bonchev–Trinajstić information content (AvgIpc) is 3.08. The van der Waals surface area contributed by atoms with E-state index in [0.717, 1.165) is 18.4 Å². The molecular weight excluding hydrogens is 416 g/mol. The van der Waals surface area contributed by atoms with E-state index in [1.165, 1.54) is 39.9 Å². The van der Waals surface area contributed by atoms with Crippen molar-refractivity contribution in [1.82, 2.24) is 4.31 Å². The number of thiophene rings is 1. The van der Waals surface area contributed by atoms with Crippen molar-refractivity contribution >= 4 is 43.0 Å². The highest BCUT2D eigenvalue weighted by molar-refractivity contribution is 9.09. The van der Waals surface area contributed by atoms with Gasteiger partial charge >= 0.3 is 0 Å². The summed E-state index contributed by atoms with van der Waals surface area (Å²) >= 11 is 5.15. The van der Waals surface area contributed by atoms with E-state index < -0.39 is 14.9 Å². The van der Waals surface area contributed by atoms with Gasteiger partial charge in [0.1, 0.15) is 0 Å². The SMILES string of the molecule is O=[N+]([O-])c1ccc(S(=O)(=O)N2CCC[C@H](Br)[C@H]2c2ccsc2)cc1. The first-order chi connectivity index (χ1) is 11.4. The molecular formula is C15H15BrN2O4S2. The number of non-ortho nitro benzene ring substituents is 1. The summed E-state index contributed by atoms with van der Waals surface area (Å²) in [4.78, 5) is 10.3. The van der Waals surface area contributed by atoms with E-state index in [4.69, 9.17) is 0 Å². The van der Waals surface area contributed by atoms with Crippen LogP contribution in [0.15, 0.2) is 46.0 Å². The molecule has 1 aliphatic heterocycles. The molecule has 6 nitrogen and oxygen atoms in total. The number of nitro benzene ring substituents is 1. The third-order valence-electron chi connectivity index (χ3n) is 4.05. The zero-order valence-corrected chi connectivity index (χ0v) is 15.8. The summed E-state index contributed by atoms with van der Waals surface area (Å²) in [5.41, 5.74) is 0.840. The van der Waals surface area contributed by atoms with E-state index in [0.29, 0.717) is 6.54 Å². The van der Waals surface area contributed by atoms with Gasteiger partial charge in [0, 0.05) is 23.5 Å². The molecule has 0 amide bonds. The van der Waals surface area contributed by atoms with Gasteiger partial charge in [0.2, 0.25) is 10.0 Å². The minimum Gasteiger partial charge on any atom is -0.258 e. The van der Waals surface area contributed by atoms with Crippen molar-refractivity contribution in [3.8, 4) is 0 Å². The van der Waals surface area contributed by atoms with E-state index in [2.05, 4.69) is 15.9 Å². The Hall–Kier alpha value is -1.29. The maximum absolute atomic E-state index is 13.1. The third kappa shape index (κ3) is 3.26. The normalized spacial score (nSPS) is 22.4. The largest absolute Gasteiger partial charge is 0.269 e. The molecule has 0 spiro atoms. The molecule has 2 heterocycles. The van der Waals surface area contributed by atoms with Crippen LogP contribution in [0.2, 0.25) is 0 Å². The van der Waals surface area contributed by atoms with Crippen LogP contribution in [0.4, 0.5) is 5.69 Å². The minimum absolute atomic E-state index is 0.0358. The Morgan fingerprint density at radius 2 is 1.96 bits per heavy atom. The first-order valence-corrected chi connectivity index (χ1v) is 10.6. The van der Waals surface area contributed by atoms with Crippen LogP contribution in [-0.2, 0) is 10.0 Å². The van der Waals surface area contributed by atoms with Gasteiger partial charge in [-0.15, -0.1) is 0 Å². The third-order valence-corrected chi connectivity index (χ3v) is 7.61.